The predicted octanol–water partition coefficient (Wildman–Crippen LogP) is 4.98. The number of aromatic nitrogens is 1. The number of rotatable bonds is 8. The van der Waals surface area contributed by atoms with Crippen LogP contribution in [0.5, 0.6) is 0 Å². The van der Waals surface area contributed by atoms with Crippen LogP contribution in [0.3, 0.4) is 0 Å². The second-order valence-electron chi connectivity index (χ2n) is 10.5. The second-order valence-corrected chi connectivity index (χ2v) is 11.8. The van der Waals surface area contributed by atoms with Crippen molar-refractivity contribution in [3.05, 3.63) is 42.1 Å². The van der Waals surface area contributed by atoms with Crippen molar-refractivity contribution in [3.63, 3.8) is 0 Å². The maximum absolute atomic E-state index is 13.0. The molecule has 2 unspecified atom stereocenters. The molecule has 1 aromatic carbocycles. The Bertz CT molecular complexity index is 1050. The number of thioether (sulfide) groups is 1. The van der Waals surface area contributed by atoms with Crippen molar-refractivity contribution in [2.45, 2.75) is 88.1 Å². The fourth-order valence-electron chi connectivity index (χ4n) is 6.32. The number of amides is 1. The molecule has 1 amide bonds. The summed E-state index contributed by atoms with van der Waals surface area (Å²) >= 11 is 1.80. The molecule has 2 fully saturated rings. The molecular formula is C28H39N5OS. The van der Waals surface area contributed by atoms with Crippen LogP contribution in [0.1, 0.15) is 75.1 Å². The van der Waals surface area contributed by atoms with Gasteiger partial charge >= 0.3 is 0 Å². The molecule has 2 heterocycles. The van der Waals surface area contributed by atoms with Gasteiger partial charge < -0.3 is 16.0 Å². The lowest BCUT2D eigenvalue weighted by Crippen LogP contribution is -2.44. The lowest BCUT2D eigenvalue weighted by molar-refractivity contribution is 0.0918. The van der Waals surface area contributed by atoms with Crippen LogP contribution in [0, 0.1) is 5.92 Å². The molecule has 1 aromatic heterocycles. The Morgan fingerprint density at radius 3 is 2.80 bits per heavy atom. The van der Waals surface area contributed by atoms with E-state index >= 15 is 0 Å². The fourth-order valence-corrected chi connectivity index (χ4v) is 7.50. The van der Waals surface area contributed by atoms with Crippen molar-refractivity contribution in [2.24, 2.45) is 16.6 Å². The highest BCUT2D eigenvalue weighted by atomic mass is 32.2. The standard InChI is InChI=1S/C28H39N5OS/c1-2-16-33(21-12-13-25-26(18-21)35-28(29)32-25)17-14-19-8-10-20(11-9-19)31-27(34)23-5-3-7-24-22(23)6-4-15-30-24/h3-7,15,19-21,25-26H,2,8-14,16-18H2,1H3,(H2,29,32)(H,31,34)/t19?,20?,21-,25?,26?/m0/s1. The molecule has 188 valence electrons. The van der Waals surface area contributed by atoms with Gasteiger partial charge in [0, 0.05) is 34.5 Å². The van der Waals surface area contributed by atoms with Crippen LogP contribution in [0.15, 0.2) is 41.5 Å². The number of amidine groups is 1. The zero-order chi connectivity index (χ0) is 24.2. The maximum Gasteiger partial charge on any atom is 0.252 e. The highest BCUT2D eigenvalue weighted by Crippen LogP contribution is 2.38. The first-order chi connectivity index (χ1) is 17.1. The molecule has 0 bridgehead atoms. The highest BCUT2D eigenvalue weighted by molar-refractivity contribution is 8.14. The number of pyridine rings is 1. The van der Waals surface area contributed by atoms with E-state index in [9.17, 15) is 4.79 Å². The molecule has 2 aromatic rings. The van der Waals surface area contributed by atoms with E-state index in [-0.39, 0.29) is 11.9 Å². The number of carbonyl (C=O) groups is 1. The van der Waals surface area contributed by atoms with Gasteiger partial charge in [-0.2, -0.15) is 0 Å². The quantitative estimate of drug-likeness (QED) is 0.542. The molecule has 6 nitrogen and oxygen atoms in total. The van der Waals surface area contributed by atoms with Crippen molar-refractivity contribution >= 4 is 33.7 Å². The third kappa shape index (κ3) is 5.83. The van der Waals surface area contributed by atoms with E-state index in [2.05, 4.69) is 27.1 Å². The Labute approximate surface area is 213 Å². The average Bonchev–Trinajstić information content (AvgIpc) is 3.26. The van der Waals surface area contributed by atoms with Gasteiger partial charge in [0.25, 0.3) is 5.91 Å². The van der Waals surface area contributed by atoms with Gasteiger partial charge in [-0.25, -0.2) is 0 Å². The van der Waals surface area contributed by atoms with E-state index in [4.69, 9.17) is 5.73 Å². The molecule has 2 aliphatic carbocycles. The minimum Gasteiger partial charge on any atom is -0.379 e. The third-order valence-electron chi connectivity index (χ3n) is 8.22. The van der Waals surface area contributed by atoms with E-state index in [0.29, 0.717) is 17.3 Å². The fraction of sp³-hybridized carbons (Fsp3) is 0.607. The van der Waals surface area contributed by atoms with Gasteiger partial charge in [-0.3, -0.25) is 14.8 Å². The number of nitrogens with two attached hydrogens (primary N) is 1. The molecule has 0 radical (unpaired) electrons. The summed E-state index contributed by atoms with van der Waals surface area (Å²) in [6.07, 6.45) is 12.5. The molecule has 35 heavy (non-hydrogen) atoms. The number of nitrogens with zero attached hydrogens (tertiary/aromatic N) is 3. The summed E-state index contributed by atoms with van der Waals surface area (Å²) in [5, 5.41) is 5.62. The normalized spacial score (nSPS) is 28.6. The van der Waals surface area contributed by atoms with Crippen LogP contribution >= 0.6 is 11.8 Å². The molecule has 2 saturated carbocycles. The maximum atomic E-state index is 13.0. The zero-order valence-corrected chi connectivity index (χ0v) is 21.7. The van der Waals surface area contributed by atoms with Crippen molar-refractivity contribution in [3.8, 4) is 0 Å². The topological polar surface area (TPSA) is 83.6 Å². The lowest BCUT2D eigenvalue weighted by atomic mass is 9.83. The van der Waals surface area contributed by atoms with Gasteiger partial charge in [0.05, 0.1) is 11.6 Å². The van der Waals surface area contributed by atoms with Gasteiger partial charge in [-0.1, -0.05) is 30.8 Å². The van der Waals surface area contributed by atoms with Crippen molar-refractivity contribution in [1.29, 1.82) is 0 Å². The summed E-state index contributed by atoms with van der Waals surface area (Å²) in [7, 11) is 0. The summed E-state index contributed by atoms with van der Waals surface area (Å²) in [6, 6.07) is 11.1. The smallest absolute Gasteiger partial charge is 0.252 e. The van der Waals surface area contributed by atoms with Crippen LogP contribution in [0.4, 0.5) is 0 Å². The van der Waals surface area contributed by atoms with E-state index in [1.165, 1.54) is 58.0 Å². The molecule has 0 spiro atoms. The van der Waals surface area contributed by atoms with E-state index < -0.39 is 0 Å². The Morgan fingerprint density at radius 1 is 1.11 bits per heavy atom. The third-order valence-corrected chi connectivity index (χ3v) is 9.37. The Balaban J connectivity index is 1.09. The minimum absolute atomic E-state index is 0.0335. The number of nitrogens with one attached hydrogen (secondary N) is 1. The van der Waals surface area contributed by atoms with Crippen LogP contribution in [-0.4, -0.2) is 57.4 Å². The summed E-state index contributed by atoms with van der Waals surface area (Å²) in [5.41, 5.74) is 7.60. The first kappa shape index (κ1) is 24.6. The molecule has 3 atom stereocenters. The number of fused-ring (bicyclic) bond motifs is 2. The van der Waals surface area contributed by atoms with Crippen LogP contribution in [0.2, 0.25) is 0 Å². The number of aliphatic imine (C=N–C) groups is 1. The van der Waals surface area contributed by atoms with Crippen LogP contribution < -0.4 is 11.1 Å². The zero-order valence-electron chi connectivity index (χ0n) is 20.9. The number of benzene rings is 1. The molecule has 7 heteroatoms. The number of hydrogen-bond acceptors (Lipinski definition) is 6. The largest absolute Gasteiger partial charge is 0.379 e. The first-order valence-corrected chi connectivity index (χ1v) is 14.4. The summed E-state index contributed by atoms with van der Waals surface area (Å²) in [5.74, 6) is 0.798. The van der Waals surface area contributed by atoms with Crippen molar-refractivity contribution in [2.75, 3.05) is 13.1 Å². The second kappa shape index (κ2) is 11.3. The lowest BCUT2D eigenvalue weighted by Gasteiger charge is -2.39. The van der Waals surface area contributed by atoms with E-state index in [0.717, 1.165) is 40.4 Å². The van der Waals surface area contributed by atoms with Gasteiger partial charge in [-0.05, 0) is 95.0 Å². The average molecular weight is 494 g/mol. The van der Waals surface area contributed by atoms with Gasteiger partial charge in [0.15, 0.2) is 5.17 Å². The SMILES string of the molecule is CCCN(CCC1CCC(NC(=O)c2cccc3ncccc23)CC1)[C@H]1CCC2N=C(N)SC2C1. The van der Waals surface area contributed by atoms with Crippen molar-refractivity contribution in [1.82, 2.24) is 15.2 Å². The Morgan fingerprint density at radius 2 is 1.97 bits per heavy atom. The van der Waals surface area contributed by atoms with Crippen LogP contribution in [0.25, 0.3) is 10.9 Å². The monoisotopic (exact) mass is 493 g/mol. The summed E-state index contributed by atoms with van der Waals surface area (Å²) < 4.78 is 0. The minimum atomic E-state index is 0.0335. The summed E-state index contributed by atoms with van der Waals surface area (Å²) in [4.78, 5) is 24.8. The molecule has 0 saturated heterocycles. The molecule has 5 rings (SSSR count). The molecule has 1 aliphatic heterocycles. The number of hydrogen-bond donors (Lipinski definition) is 2. The first-order valence-electron chi connectivity index (χ1n) is 13.5. The van der Waals surface area contributed by atoms with Crippen molar-refractivity contribution < 1.29 is 4.79 Å². The molecule has 3 N–H and O–H groups in total. The van der Waals surface area contributed by atoms with Crippen LogP contribution in [-0.2, 0) is 0 Å². The van der Waals surface area contributed by atoms with Gasteiger partial charge in [0.2, 0.25) is 0 Å². The number of carbonyl (C=O) groups excluding carboxylic acids is 1. The summed E-state index contributed by atoms with van der Waals surface area (Å²) in [6.45, 7) is 4.68. The van der Waals surface area contributed by atoms with E-state index in [1.807, 2.05) is 30.3 Å². The Hall–Kier alpha value is -2.12. The Kier molecular flexibility index (Phi) is 7.93. The van der Waals surface area contributed by atoms with E-state index in [1.54, 1.807) is 18.0 Å². The highest BCUT2D eigenvalue weighted by Gasteiger charge is 2.37. The molecule has 3 aliphatic rings. The molecular weight excluding hydrogens is 454 g/mol. The van der Waals surface area contributed by atoms with Gasteiger partial charge in [0.1, 0.15) is 0 Å². The van der Waals surface area contributed by atoms with Gasteiger partial charge in [-0.15, -0.1) is 0 Å². The predicted molar refractivity (Wildman–Crippen MR) is 146 cm³/mol.